The van der Waals surface area contributed by atoms with Crippen LogP contribution in [0, 0.1) is 11.8 Å². The fourth-order valence-corrected chi connectivity index (χ4v) is 3.57. The van der Waals surface area contributed by atoms with Gasteiger partial charge in [-0.1, -0.05) is 24.7 Å². The molecule has 3 nitrogen and oxygen atoms in total. The molecule has 0 aromatic carbocycles. The molecule has 1 aromatic heterocycles. The molecule has 0 aliphatic heterocycles. The lowest BCUT2D eigenvalue weighted by Crippen LogP contribution is -2.34. The molecule has 0 atom stereocenters. The van der Waals surface area contributed by atoms with Gasteiger partial charge < -0.3 is 10.8 Å². The van der Waals surface area contributed by atoms with Crippen LogP contribution in [0.4, 0.5) is 0 Å². The van der Waals surface area contributed by atoms with Crippen LogP contribution in [0.25, 0.3) is 0 Å². The van der Waals surface area contributed by atoms with Gasteiger partial charge in [-0.15, -0.1) is 11.3 Å². The first-order valence-corrected chi connectivity index (χ1v) is 7.77. The molecule has 0 saturated heterocycles. The molecule has 1 aromatic rings. The van der Waals surface area contributed by atoms with Crippen LogP contribution in [0.5, 0.6) is 0 Å². The highest BCUT2D eigenvalue weighted by molar-refractivity contribution is 7.12. The molecule has 0 unspecified atom stereocenters. The molecule has 1 fully saturated rings. The van der Waals surface area contributed by atoms with E-state index < -0.39 is 0 Å². The van der Waals surface area contributed by atoms with Gasteiger partial charge >= 0.3 is 0 Å². The van der Waals surface area contributed by atoms with Crippen molar-refractivity contribution in [3.63, 3.8) is 0 Å². The van der Waals surface area contributed by atoms with Gasteiger partial charge in [-0.2, -0.15) is 0 Å². The number of aliphatic hydroxyl groups excluding tert-OH is 1. The van der Waals surface area contributed by atoms with Gasteiger partial charge in [-0.3, -0.25) is 4.90 Å². The van der Waals surface area contributed by atoms with E-state index in [4.69, 9.17) is 5.73 Å². The summed E-state index contributed by atoms with van der Waals surface area (Å²) in [6.07, 6.45) is 5.19. The second kappa shape index (κ2) is 7.66. The lowest BCUT2D eigenvalue weighted by atomic mass is 10.2. The van der Waals surface area contributed by atoms with Gasteiger partial charge in [0.05, 0.1) is 18.0 Å². The Labute approximate surface area is 119 Å². The summed E-state index contributed by atoms with van der Waals surface area (Å²) in [5.74, 6) is 5.96. The third-order valence-corrected chi connectivity index (χ3v) is 4.55. The van der Waals surface area contributed by atoms with Crippen molar-refractivity contribution in [2.75, 3.05) is 19.7 Å². The van der Waals surface area contributed by atoms with Gasteiger partial charge in [0.15, 0.2) is 0 Å². The normalized spacial score (nSPS) is 15.7. The molecule has 1 aliphatic rings. The van der Waals surface area contributed by atoms with E-state index in [0.29, 0.717) is 12.6 Å². The lowest BCUT2D eigenvalue weighted by molar-refractivity contribution is 0.146. The standard InChI is InChI=1S/C15H22N2OS/c16-9-3-6-14-7-8-15(19-14)12-17(10-11-18)13-4-1-2-5-13/h7-8,13,18H,1-2,4-5,9-12,16H2. The Morgan fingerprint density at radius 1 is 1.37 bits per heavy atom. The second-order valence-corrected chi connectivity index (χ2v) is 6.07. The minimum Gasteiger partial charge on any atom is -0.395 e. The minimum absolute atomic E-state index is 0.238. The first kappa shape index (κ1) is 14.5. The van der Waals surface area contributed by atoms with Gasteiger partial charge in [0, 0.05) is 24.0 Å². The summed E-state index contributed by atoms with van der Waals surface area (Å²) in [4.78, 5) is 4.82. The summed E-state index contributed by atoms with van der Waals surface area (Å²) in [5, 5.41) is 9.22. The van der Waals surface area contributed by atoms with Gasteiger partial charge in [0.2, 0.25) is 0 Å². The third-order valence-electron chi connectivity index (χ3n) is 3.56. The third kappa shape index (κ3) is 4.32. The number of hydrogen-bond acceptors (Lipinski definition) is 4. The van der Waals surface area contributed by atoms with Crippen LogP contribution in [-0.2, 0) is 6.54 Å². The number of aliphatic hydroxyl groups is 1. The van der Waals surface area contributed by atoms with E-state index in [-0.39, 0.29) is 6.61 Å². The van der Waals surface area contributed by atoms with Crippen molar-refractivity contribution in [2.24, 2.45) is 5.73 Å². The molecule has 19 heavy (non-hydrogen) atoms. The molecule has 2 rings (SSSR count). The summed E-state index contributed by atoms with van der Waals surface area (Å²) in [6, 6.07) is 4.85. The van der Waals surface area contributed by atoms with E-state index in [0.717, 1.165) is 18.0 Å². The van der Waals surface area contributed by atoms with Crippen molar-refractivity contribution in [3.05, 3.63) is 21.9 Å². The Balaban J connectivity index is 1.97. The second-order valence-electron chi connectivity index (χ2n) is 4.90. The van der Waals surface area contributed by atoms with Crippen molar-refractivity contribution in [1.29, 1.82) is 0 Å². The van der Waals surface area contributed by atoms with Crippen molar-refractivity contribution in [3.8, 4) is 11.8 Å². The van der Waals surface area contributed by atoms with E-state index in [1.807, 2.05) is 0 Å². The minimum atomic E-state index is 0.238. The Hall–Kier alpha value is -0.860. The summed E-state index contributed by atoms with van der Waals surface area (Å²) in [5.41, 5.74) is 5.38. The molecule has 3 N–H and O–H groups in total. The highest BCUT2D eigenvalue weighted by Gasteiger charge is 2.22. The maximum atomic E-state index is 9.22. The summed E-state index contributed by atoms with van der Waals surface area (Å²) < 4.78 is 0. The van der Waals surface area contributed by atoms with Gasteiger partial charge in [0.1, 0.15) is 0 Å². The van der Waals surface area contributed by atoms with Crippen molar-refractivity contribution in [2.45, 2.75) is 38.3 Å². The molecule has 1 aliphatic carbocycles. The molecular weight excluding hydrogens is 256 g/mol. The van der Waals surface area contributed by atoms with Gasteiger partial charge in [-0.05, 0) is 25.0 Å². The first-order valence-electron chi connectivity index (χ1n) is 6.96. The summed E-state index contributed by atoms with van der Waals surface area (Å²) in [6.45, 7) is 2.35. The molecule has 1 heterocycles. The predicted molar refractivity (Wildman–Crippen MR) is 80.0 cm³/mol. The van der Waals surface area contributed by atoms with E-state index in [1.54, 1.807) is 11.3 Å². The molecular formula is C15H22N2OS. The number of nitrogens with zero attached hydrogens (tertiary/aromatic N) is 1. The average molecular weight is 278 g/mol. The van der Waals surface area contributed by atoms with E-state index in [2.05, 4.69) is 28.9 Å². The smallest absolute Gasteiger partial charge is 0.0772 e. The van der Waals surface area contributed by atoms with Crippen LogP contribution in [0.3, 0.4) is 0 Å². The van der Waals surface area contributed by atoms with Crippen LogP contribution in [0.2, 0.25) is 0 Å². The van der Waals surface area contributed by atoms with Crippen LogP contribution in [0.1, 0.15) is 35.4 Å². The van der Waals surface area contributed by atoms with Crippen molar-refractivity contribution < 1.29 is 5.11 Å². The maximum absolute atomic E-state index is 9.22. The molecule has 0 radical (unpaired) electrons. The molecule has 4 heteroatoms. The monoisotopic (exact) mass is 278 g/mol. The zero-order valence-corrected chi connectivity index (χ0v) is 12.1. The SMILES string of the molecule is NCC#Cc1ccc(CN(CCO)C2CCCC2)s1. The first-order chi connectivity index (χ1) is 9.33. The fraction of sp³-hybridized carbons (Fsp3) is 0.600. The molecule has 0 spiro atoms. The van der Waals surface area contributed by atoms with Gasteiger partial charge in [0.25, 0.3) is 0 Å². The van der Waals surface area contributed by atoms with Gasteiger partial charge in [-0.25, -0.2) is 0 Å². The van der Waals surface area contributed by atoms with Crippen LogP contribution in [0.15, 0.2) is 12.1 Å². The van der Waals surface area contributed by atoms with Crippen molar-refractivity contribution >= 4 is 11.3 Å². The molecule has 1 saturated carbocycles. The number of hydrogen-bond donors (Lipinski definition) is 2. The van der Waals surface area contributed by atoms with E-state index in [1.165, 1.54) is 30.6 Å². The molecule has 0 amide bonds. The Morgan fingerprint density at radius 3 is 2.84 bits per heavy atom. The fourth-order valence-electron chi connectivity index (χ4n) is 2.66. The maximum Gasteiger partial charge on any atom is 0.0772 e. The molecule has 0 bridgehead atoms. The number of thiophene rings is 1. The average Bonchev–Trinajstić information content (AvgIpc) is 3.07. The largest absolute Gasteiger partial charge is 0.395 e. The Bertz CT molecular complexity index is 440. The quantitative estimate of drug-likeness (QED) is 0.808. The number of rotatable bonds is 5. The van der Waals surface area contributed by atoms with E-state index in [9.17, 15) is 5.11 Å². The Kier molecular flexibility index (Phi) is 5.87. The van der Waals surface area contributed by atoms with Crippen molar-refractivity contribution in [1.82, 2.24) is 4.90 Å². The van der Waals surface area contributed by atoms with Crippen LogP contribution < -0.4 is 5.73 Å². The van der Waals surface area contributed by atoms with Crippen LogP contribution in [-0.4, -0.2) is 35.7 Å². The Morgan fingerprint density at radius 2 is 2.16 bits per heavy atom. The zero-order chi connectivity index (χ0) is 13.5. The topological polar surface area (TPSA) is 49.5 Å². The predicted octanol–water partition coefficient (Wildman–Crippen LogP) is 1.80. The molecule has 104 valence electrons. The number of nitrogens with two attached hydrogens (primary N) is 1. The van der Waals surface area contributed by atoms with Crippen LogP contribution >= 0.6 is 11.3 Å². The highest BCUT2D eigenvalue weighted by atomic mass is 32.1. The summed E-state index contributed by atoms with van der Waals surface area (Å²) >= 11 is 1.73. The summed E-state index contributed by atoms with van der Waals surface area (Å²) in [7, 11) is 0. The highest BCUT2D eigenvalue weighted by Crippen LogP contribution is 2.26. The van der Waals surface area contributed by atoms with E-state index >= 15 is 0 Å². The lowest BCUT2D eigenvalue weighted by Gasteiger charge is -2.27. The zero-order valence-electron chi connectivity index (χ0n) is 11.3.